The first-order valence-corrected chi connectivity index (χ1v) is 5.63. The number of fused-ring (bicyclic) bond motifs is 1. The summed E-state index contributed by atoms with van der Waals surface area (Å²) < 4.78 is 3.37. The largest absolute Gasteiger partial charge is 0.328 e. The zero-order valence-electron chi connectivity index (χ0n) is 11.4. The van der Waals surface area contributed by atoms with E-state index in [9.17, 15) is 4.79 Å². The van der Waals surface area contributed by atoms with Gasteiger partial charge in [-0.15, -0.1) is 0 Å². The van der Waals surface area contributed by atoms with Crippen LogP contribution >= 0.6 is 0 Å². The second-order valence-corrected chi connectivity index (χ2v) is 3.61. The van der Waals surface area contributed by atoms with Gasteiger partial charge >= 0.3 is 5.69 Å². The van der Waals surface area contributed by atoms with Gasteiger partial charge in [-0.1, -0.05) is 6.07 Å². The predicted molar refractivity (Wildman–Crippen MR) is 78.0 cm³/mol. The maximum absolute atomic E-state index is 11.9. The minimum absolute atomic E-state index is 0.000614. The van der Waals surface area contributed by atoms with Gasteiger partial charge < -0.3 is 5.84 Å². The number of nitrogens with zero attached hydrogens (tertiary/aromatic N) is 5. The van der Waals surface area contributed by atoms with Gasteiger partial charge in [-0.3, -0.25) is 9.13 Å². The molecule has 0 aliphatic rings. The van der Waals surface area contributed by atoms with Crippen LogP contribution in [0.25, 0.3) is 11.0 Å². The second kappa shape index (κ2) is 8.11. The highest BCUT2D eigenvalue weighted by Gasteiger charge is 2.08. The molecule has 0 atom stereocenters. The third-order valence-electron chi connectivity index (χ3n) is 2.71. The van der Waals surface area contributed by atoms with Gasteiger partial charge in [-0.2, -0.15) is 5.10 Å². The predicted octanol–water partition coefficient (Wildman–Crippen LogP) is 0.932. The van der Waals surface area contributed by atoms with Crippen molar-refractivity contribution in [2.24, 2.45) is 18.0 Å². The van der Waals surface area contributed by atoms with E-state index in [0.717, 1.165) is 16.6 Å². The number of benzene rings is 1. The fraction of sp³-hybridized carbons (Fsp3) is 0.231. The number of imidazole rings is 1. The van der Waals surface area contributed by atoms with Crippen molar-refractivity contribution in [1.29, 1.82) is 10.5 Å². The molecule has 0 amide bonds. The molecule has 2 rings (SSSR count). The first-order chi connectivity index (χ1) is 9.69. The van der Waals surface area contributed by atoms with Crippen molar-refractivity contribution in [1.82, 2.24) is 9.13 Å². The Labute approximate surface area is 116 Å². The molecule has 0 bridgehead atoms. The monoisotopic (exact) mass is 272 g/mol. The van der Waals surface area contributed by atoms with Crippen LogP contribution in [0.5, 0.6) is 0 Å². The van der Waals surface area contributed by atoms with E-state index in [0.29, 0.717) is 6.54 Å². The zero-order valence-corrected chi connectivity index (χ0v) is 11.4. The summed E-state index contributed by atoms with van der Waals surface area (Å²) in [7, 11) is 1.77. The second-order valence-electron chi connectivity index (χ2n) is 3.61. The van der Waals surface area contributed by atoms with E-state index in [1.165, 1.54) is 0 Å². The quantitative estimate of drug-likeness (QED) is 0.497. The Bertz CT molecular complexity index is 683. The minimum atomic E-state index is -0.000614. The summed E-state index contributed by atoms with van der Waals surface area (Å²) in [5, 5.41) is 16.5. The molecular formula is C13H16N6O. The van der Waals surface area contributed by atoms with Crippen molar-refractivity contribution in [3.63, 3.8) is 0 Å². The number of hydrazone groups is 1. The lowest BCUT2D eigenvalue weighted by molar-refractivity contribution is 0.712. The van der Waals surface area contributed by atoms with E-state index in [4.69, 9.17) is 16.4 Å². The van der Waals surface area contributed by atoms with Crippen LogP contribution in [0, 0.1) is 23.7 Å². The third-order valence-corrected chi connectivity index (χ3v) is 2.71. The van der Waals surface area contributed by atoms with Gasteiger partial charge in [-0.25, -0.2) is 15.3 Å². The summed E-state index contributed by atoms with van der Waals surface area (Å²) in [6.07, 6.45) is 1.57. The van der Waals surface area contributed by atoms with Crippen LogP contribution in [0.1, 0.15) is 12.5 Å². The van der Waals surface area contributed by atoms with Crippen LogP contribution in [0.15, 0.2) is 28.1 Å². The molecule has 7 nitrogen and oxygen atoms in total. The summed E-state index contributed by atoms with van der Waals surface area (Å²) in [5.74, 6) is 5.11. The fourth-order valence-electron chi connectivity index (χ4n) is 1.90. The van der Waals surface area contributed by atoms with Gasteiger partial charge in [-0.05, 0) is 24.6 Å². The lowest BCUT2D eigenvalue weighted by Gasteiger charge is -1.98. The third kappa shape index (κ3) is 3.03. The smallest absolute Gasteiger partial charge is 0.323 e. The van der Waals surface area contributed by atoms with Crippen molar-refractivity contribution in [2.75, 3.05) is 0 Å². The number of nitriles is 2. The first-order valence-electron chi connectivity index (χ1n) is 5.63. The molecule has 2 N–H and O–H groups in total. The Morgan fingerprint density at radius 3 is 2.40 bits per heavy atom. The highest BCUT2D eigenvalue weighted by atomic mass is 16.1. The van der Waals surface area contributed by atoms with Gasteiger partial charge in [0.05, 0.1) is 17.2 Å². The highest BCUT2D eigenvalue weighted by Crippen LogP contribution is 2.13. The Hall–Kier alpha value is -3.06. The molecule has 0 aliphatic carbocycles. The summed E-state index contributed by atoms with van der Waals surface area (Å²) >= 11 is 0. The normalized spacial score (nSPS) is 9.50. The molecular weight excluding hydrogens is 256 g/mol. The van der Waals surface area contributed by atoms with Gasteiger partial charge in [0.1, 0.15) is 0 Å². The average molecular weight is 272 g/mol. The topological polar surface area (TPSA) is 113 Å². The number of aromatic nitrogens is 2. The van der Waals surface area contributed by atoms with Crippen molar-refractivity contribution in [3.05, 3.63) is 34.2 Å². The fourth-order valence-corrected chi connectivity index (χ4v) is 1.90. The van der Waals surface area contributed by atoms with Crippen LogP contribution < -0.4 is 11.5 Å². The number of hydrogen-bond acceptors (Lipinski definition) is 5. The number of nitrogens with two attached hydrogens (primary N) is 1. The van der Waals surface area contributed by atoms with Gasteiger partial charge in [0.25, 0.3) is 0 Å². The molecule has 1 heterocycles. The molecule has 0 saturated carbocycles. The van der Waals surface area contributed by atoms with E-state index < -0.39 is 0 Å². The van der Waals surface area contributed by atoms with Crippen molar-refractivity contribution >= 4 is 17.2 Å². The van der Waals surface area contributed by atoms with Gasteiger partial charge in [0, 0.05) is 26.7 Å². The van der Waals surface area contributed by atoms with Crippen LogP contribution in [0.2, 0.25) is 0 Å². The maximum atomic E-state index is 11.9. The van der Waals surface area contributed by atoms with Crippen LogP contribution in [-0.4, -0.2) is 15.3 Å². The molecule has 1 aromatic carbocycles. The van der Waals surface area contributed by atoms with Crippen molar-refractivity contribution in [3.8, 4) is 13.1 Å². The molecule has 0 spiro atoms. The Morgan fingerprint density at radius 2 is 1.90 bits per heavy atom. The van der Waals surface area contributed by atoms with E-state index in [1.807, 2.05) is 25.1 Å². The molecule has 0 fully saturated rings. The molecule has 0 radical (unpaired) electrons. The highest BCUT2D eigenvalue weighted by molar-refractivity contribution is 5.87. The molecule has 0 saturated heterocycles. The first kappa shape index (κ1) is 16.9. The van der Waals surface area contributed by atoms with Crippen molar-refractivity contribution in [2.45, 2.75) is 13.5 Å². The Morgan fingerprint density at radius 1 is 1.30 bits per heavy atom. The van der Waals surface area contributed by atoms with Crippen LogP contribution in [0.4, 0.5) is 0 Å². The Kier molecular flexibility index (Phi) is 6.87. The summed E-state index contributed by atoms with van der Waals surface area (Å²) in [6.45, 7) is 9.60. The zero-order chi connectivity index (χ0) is 15.7. The summed E-state index contributed by atoms with van der Waals surface area (Å²) in [5.41, 5.74) is 2.72. The summed E-state index contributed by atoms with van der Waals surface area (Å²) in [6, 6.07) is 5.70. The van der Waals surface area contributed by atoms with E-state index in [2.05, 4.69) is 18.2 Å². The minimum Gasteiger partial charge on any atom is -0.323 e. The molecule has 7 heteroatoms. The van der Waals surface area contributed by atoms with E-state index in [-0.39, 0.29) is 5.69 Å². The molecule has 0 aliphatic heterocycles. The van der Waals surface area contributed by atoms with Crippen LogP contribution in [0.3, 0.4) is 0 Å². The molecule has 0 unspecified atom stereocenters. The lowest BCUT2D eigenvalue weighted by atomic mass is 10.2. The standard InChI is InChI=1S/C11H14N4O.2CHN/c1-3-15-10-6-8(7-13-12)4-5-9(10)14(2)11(15)16;2*1-2/h4-7H,3,12H2,1-2H3;2*1H. The van der Waals surface area contributed by atoms with Crippen molar-refractivity contribution < 1.29 is 0 Å². The number of rotatable bonds is 2. The van der Waals surface area contributed by atoms with Gasteiger partial charge in [0.15, 0.2) is 0 Å². The van der Waals surface area contributed by atoms with Gasteiger partial charge in [0.2, 0.25) is 0 Å². The van der Waals surface area contributed by atoms with E-state index in [1.54, 1.807) is 22.4 Å². The molecule has 2 aromatic rings. The van der Waals surface area contributed by atoms with E-state index >= 15 is 0 Å². The van der Waals surface area contributed by atoms with Crippen LogP contribution in [-0.2, 0) is 13.6 Å². The SMILES string of the molecule is C#N.C#N.CCn1c(=O)n(C)c2ccc(C=NN)cc21. The molecule has 104 valence electrons. The summed E-state index contributed by atoms with van der Waals surface area (Å²) in [4.78, 5) is 11.9. The number of hydrogen-bond donors (Lipinski definition) is 1. The maximum Gasteiger partial charge on any atom is 0.328 e. The average Bonchev–Trinajstić information content (AvgIpc) is 2.75. The molecule has 1 aromatic heterocycles. The molecule has 20 heavy (non-hydrogen) atoms. The lowest BCUT2D eigenvalue weighted by Crippen LogP contribution is -2.21. The Balaban J connectivity index is 0.000000829. The number of aryl methyl sites for hydroxylation is 2.